The van der Waals surface area contributed by atoms with Crippen molar-refractivity contribution in [3.63, 3.8) is 0 Å². The number of ether oxygens (including phenoxy) is 3. The summed E-state index contributed by atoms with van der Waals surface area (Å²) in [5.74, 6) is 2.39. The second kappa shape index (κ2) is 8.37. The lowest BCUT2D eigenvalue weighted by atomic mass is 9.86. The third-order valence-electron chi connectivity index (χ3n) is 5.85. The average molecular weight is 397 g/mol. The second-order valence-corrected chi connectivity index (χ2v) is 7.60. The van der Waals surface area contributed by atoms with E-state index >= 15 is 0 Å². The highest BCUT2D eigenvalue weighted by atomic mass is 16.5. The molecule has 3 atom stereocenters. The average Bonchev–Trinajstić information content (AvgIpc) is 3.43. The number of likely N-dealkylation sites (tertiary alicyclic amines) is 1. The quantitative estimate of drug-likeness (QED) is 0.772. The van der Waals surface area contributed by atoms with Crippen LogP contribution in [0.15, 0.2) is 30.5 Å². The largest absolute Gasteiger partial charge is 0.493 e. The Bertz CT molecular complexity index is 882. The zero-order valence-corrected chi connectivity index (χ0v) is 17.1. The first-order valence-corrected chi connectivity index (χ1v) is 10.0. The van der Waals surface area contributed by atoms with Crippen LogP contribution in [0.5, 0.6) is 11.5 Å². The molecule has 0 spiro atoms. The number of nitrogens with zero attached hydrogens (tertiary/aromatic N) is 3. The fraction of sp³-hybridized carbons (Fsp3) is 0.500. The molecular weight excluding hydrogens is 370 g/mol. The first-order valence-electron chi connectivity index (χ1n) is 10.0. The van der Waals surface area contributed by atoms with Crippen LogP contribution < -0.4 is 9.47 Å². The third-order valence-corrected chi connectivity index (χ3v) is 5.85. The van der Waals surface area contributed by atoms with Crippen molar-refractivity contribution < 1.29 is 19.0 Å². The van der Waals surface area contributed by atoms with Gasteiger partial charge in [-0.2, -0.15) is 0 Å². The fourth-order valence-electron chi connectivity index (χ4n) is 4.36. The molecule has 0 radical (unpaired) electrons. The number of carbonyl (C=O) groups excluding carboxylic acids is 1. The second-order valence-electron chi connectivity index (χ2n) is 7.60. The van der Waals surface area contributed by atoms with Crippen molar-refractivity contribution in [1.29, 1.82) is 0 Å². The maximum absolute atomic E-state index is 13.0. The molecule has 0 bridgehead atoms. The van der Waals surface area contributed by atoms with Gasteiger partial charge in [-0.3, -0.25) is 4.79 Å². The summed E-state index contributed by atoms with van der Waals surface area (Å²) in [6, 6.07) is 7.92. The molecule has 2 fully saturated rings. The number of amides is 1. The van der Waals surface area contributed by atoms with Crippen LogP contribution in [0, 0.1) is 6.92 Å². The van der Waals surface area contributed by atoms with Crippen molar-refractivity contribution >= 4 is 5.91 Å². The fourth-order valence-corrected chi connectivity index (χ4v) is 4.36. The van der Waals surface area contributed by atoms with Crippen molar-refractivity contribution in [1.82, 2.24) is 14.9 Å². The molecule has 2 aliphatic rings. The van der Waals surface area contributed by atoms with Crippen LogP contribution in [0.1, 0.15) is 41.8 Å². The highest BCUT2D eigenvalue weighted by Crippen LogP contribution is 2.42. The Labute approximate surface area is 171 Å². The standard InChI is InChI=1S/C22H27N3O4/c1-14-23-9-8-18(24-14)17-13-25(22(26)20-5-4-10-29-20)12-16(17)15-6-7-19(27-2)21(11-15)28-3/h6-9,11,16-17,20H,4-5,10,12-13H2,1-3H3/t16-,17+,20?/m0/s1. The minimum Gasteiger partial charge on any atom is -0.493 e. The van der Waals surface area contributed by atoms with Gasteiger partial charge in [0.05, 0.1) is 14.2 Å². The molecule has 154 valence electrons. The third kappa shape index (κ3) is 3.92. The Balaban J connectivity index is 1.67. The zero-order valence-electron chi connectivity index (χ0n) is 17.1. The van der Waals surface area contributed by atoms with Crippen molar-refractivity contribution in [2.45, 2.75) is 37.7 Å². The van der Waals surface area contributed by atoms with Crippen LogP contribution in [-0.4, -0.2) is 60.8 Å². The van der Waals surface area contributed by atoms with E-state index in [1.165, 1.54) is 0 Å². The van der Waals surface area contributed by atoms with E-state index < -0.39 is 0 Å². The lowest BCUT2D eigenvalue weighted by Gasteiger charge is -2.20. The maximum Gasteiger partial charge on any atom is 0.251 e. The number of benzene rings is 1. The van der Waals surface area contributed by atoms with Gasteiger partial charge in [-0.05, 0) is 43.5 Å². The summed E-state index contributed by atoms with van der Waals surface area (Å²) >= 11 is 0. The molecule has 2 aromatic rings. The minimum absolute atomic E-state index is 0.0835. The SMILES string of the molecule is COc1ccc([C@@H]2CN(C(=O)C3CCCO3)C[C@H]2c2ccnc(C)n2)cc1OC. The van der Waals surface area contributed by atoms with Gasteiger partial charge in [0.1, 0.15) is 11.9 Å². The van der Waals surface area contributed by atoms with E-state index in [1.54, 1.807) is 20.4 Å². The van der Waals surface area contributed by atoms with Crippen LogP contribution in [-0.2, 0) is 9.53 Å². The first-order chi connectivity index (χ1) is 14.1. The molecule has 1 aromatic heterocycles. The first kappa shape index (κ1) is 19.6. The minimum atomic E-state index is -0.313. The maximum atomic E-state index is 13.0. The molecule has 0 N–H and O–H groups in total. The molecule has 0 saturated carbocycles. The Morgan fingerprint density at radius 3 is 2.62 bits per heavy atom. The summed E-state index contributed by atoms with van der Waals surface area (Å²) in [7, 11) is 3.26. The zero-order chi connectivity index (χ0) is 20.4. The van der Waals surface area contributed by atoms with Crippen LogP contribution in [0.25, 0.3) is 0 Å². The van der Waals surface area contributed by atoms with Gasteiger partial charge in [-0.25, -0.2) is 9.97 Å². The van der Waals surface area contributed by atoms with E-state index in [2.05, 4.69) is 9.97 Å². The van der Waals surface area contributed by atoms with E-state index in [1.807, 2.05) is 36.1 Å². The normalized spacial score (nSPS) is 24.0. The van der Waals surface area contributed by atoms with Gasteiger partial charge in [0.15, 0.2) is 11.5 Å². The van der Waals surface area contributed by atoms with Crippen molar-refractivity contribution in [3.8, 4) is 11.5 Å². The molecule has 0 aliphatic carbocycles. The molecule has 7 heteroatoms. The number of carbonyl (C=O) groups is 1. The van der Waals surface area contributed by atoms with Gasteiger partial charge in [-0.1, -0.05) is 6.07 Å². The molecular formula is C22H27N3O4. The number of rotatable bonds is 5. The van der Waals surface area contributed by atoms with Gasteiger partial charge in [0.2, 0.25) is 0 Å². The number of hydrogen-bond acceptors (Lipinski definition) is 6. The van der Waals surface area contributed by atoms with E-state index in [0.717, 1.165) is 29.9 Å². The smallest absolute Gasteiger partial charge is 0.251 e. The predicted octanol–water partition coefficient (Wildman–Crippen LogP) is 2.69. The highest BCUT2D eigenvalue weighted by molar-refractivity contribution is 5.81. The molecule has 1 unspecified atom stereocenters. The van der Waals surface area contributed by atoms with Gasteiger partial charge in [-0.15, -0.1) is 0 Å². The molecule has 7 nitrogen and oxygen atoms in total. The highest BCUT2D eigenvalue weighted by Gasteiger charge is 2.41. The van der Waals surface area contributed by atoms with E-state index in [-0.39, 0.29) is 23.8 Å². The lowest BCUT2D eigenvalue weighted by molar-refractivity contribution is -0.139. The van der Waals surface area contributed by atoms with Crippen LogP contribution in [0.4, 0.5) is 0 Å². The summed E-state index contributed by atoms with van der Waals surface area (Å²) < 4.78 is 16.5. The Kier molecular flexibility index (Phi) is 5.67. The lowest BCUT2D eigenvalue weighted by Crippen LogP contribution is -2.37. The van der Waals surface area contributed by atoms with Crippen LogP contribution in [0.3, 0.4) is 0 Å². The Morgan fingerprint density at radius 1 is 1.14 bits per heavy atom. The Morgan fingerprint density at radius 2 is 1.93 bits per heavy atom. The van der Waals surface area contributed by atoms with Crippen molar-refractivity contribution in [3.05, 3.63) is 47.5 Å². The molecule has 2 saturated heterocycles. The molecule has 1 amide bonds. The topological polar surface area (TPSA) is 73.8 Å². The Hall–Kier alpha value is -2.67. The summed E-state index contributed by atoms with van der Waals surface area (Å²) in [6.07, 6.45) is 3.21. The summed E-state index contributed by atoms with van der Waals surface area (Å²) in [4.78, 5) is 23.8. The van der Waals surface area contributed by atoms with E-state index in [9.17, 15) is 4.79 Å². The summed E-state index contributed by atoms with van der Waals surface area (Å²) in [5.41, 5.74) is 2.06. The number of aryl methyl sites for hydroxylation is 1. The van der Waals surface area contributed by atoms with E-state index in [4.69, 9.17) is 14.2 Å². The molecule has 3 heterocycles. The van der Waals surface area contributed by atoms with Crippen LogP contribution >= 0.6 is 0 Å². The summed E-state index contributed by atoms with van der Waals surface area (Å²) in [6.45, 7) is 3.80. The van der Waals surface area contributed by atoms with Gasteiger partial charge in [0.25, 0.3) is 5.91 Å². The summed E-state index contributed by atoms with van der Waals surface area (Å²) in [5, 5.41) is 0. The van der Waals surface area contributed by atoms with Crippen LogP contribution in [0.2, 0.25) is 0 Å². The molecule has 1 aromatic carbocycles. The monoisotopic (exact) mass is 397 g/mol. The molecule has 2 aliphatic heterocycles. The van der Waals surface area contributed by atoms with Crippen molar-refractivity contribution in [2.75, 3.05) is 33.9 Å². The van der Waals surface area contributed by atoms with Gasteiger partial charge in [0, 0.05) is 43.4 Å². The number of hydrogen-bond donors (Lipinski definition) is 0. The van der Waals surface area contributed by atoms with E-state index in [0.29, 0.717) is 31.2 Å². The van der Waals surface area contributed by atoms with Crippen molar-refractivity contribution in [2.24, 2.45) is 0 Å². The number of methoxy groups -OCH3 is 2. The van der Waals surface area contributed by atoms with Gasteiger partial charge >= 0.3 is 0 Å². The molecule has 4 rings (SSSR count). The van der Waals surface area contributed by atoms with Gasteiger partial charge < -0.3 is 19.1 Å². The predicted molar refractivity (Wildman–Crippen MR) is 107 cm³/mol. The number of aromatic nitrogens is 2. The molecule has 29 heavy (non-hydrogen) atoms.